The molecule has 0 saturated carbocycles. The van der Waals surface area contributed by atoms with E-state index in [0.717, 1.165) is 0 Å². The molecule has 6 nitrogen and oxygen atoms in total. The van der Waals surface area contributed by atoms with Gasteiger partial charge in [0.15, 0.2) is 0 Å². The van der Waals surface area contributed by atoms with Gasteiger partial charge in [0.2, 0.25) is 0 Å². The Kier molecular flexibility index (Phi) is 6.42. The number of hydrogen-bond donors (Lipinski definition) is 5. The zero-order chi connectivity index (χ0) is 11.9. The Balaban J connectivity index is 4.04. The van der Waals surface area contributed by atoms with Crippen molar-refractivity contribution in [1.82, 2.24) is 5.32 Å². The predicted octanol–water partition coefficient (Wildman–Crippen LogP) is -1.45. The van der Waals surface area contributed by atoms with Gasteiger partial charge in [0, 0.05) is 6.54 Å². The van der Waals surface area contributed by atoms with Crippen LogP contribution in [0.1, 0.15) is 19.8 Å². The summed E-state index contributed by atoms with van der Waals surface area (Å²) < 4.78 is 0. The number of carboxylic acids is 1. The first-order valence-corrected chi connectivity index (χ1v) is 4.86. The van der Waals surface area contributed by atoms with Crippen LogP contribution in [0.5, 0.6) is 0 Å². The van der Waals surface area contributed by atoms with Crippen LogP contribution in [0.2, 0.25) is 0 Å². The Hall–Kier alpha value is -0.690. The lowest BCUT2D eigenvalue weighted by Crippen LogP contribution is -2.53. The molecule has 0 radical (unpaired) electrons. The second kappa shape index (κ2) is 6.73. The Morgan fingerprint density at radius 1 is 1.40 bits per heavy atom. The topological polar surface area (TPSA) is 110 Å². The third-order valence-electron chi connectivity index (χ3n) is 2.41. The van der Waals surface area contributed by atoms with Crippen LogP contribution in [0.4, 0.5) is 0 Å². The van der Waals surface area contributed by atoms with E-state index in [1.54, 1.807) is 6.92 Å². The van der Waals surface area contributed by atoms with Crippen LogP contribution >= 0.6 is 0 Å². The molecule has 0 saturated heterocycles. The van der Waals surface area contributed by atoms with Crippen molar-refractivity contribution in [2.75, 3.05) is 19.8 Å². The first-order valence-electron chi connectivity index (χ1n) is 4.86. The average molecular weight is 221 g/mol. The first-order chi connectivity index (χ1) is 6.99. The second-order valence-electron chi connectivity index (χ2n) is 3.58. The minimum absolute atomic E-state index is 0.0290. The van der Waals surface area contributed by atoms with E-state index < -0.39 is 17.6 Å². The summed E-state index contributed by atoms with van der Waals surface area (Å²) in [5, 5.41) is 38.5. The van der Waals surface area contributed by atoms with Gasteiger partial charge in [-0.05, 0) is 6.42 Å². The SMILES string of the molecule is CCC(CO)(CO)NCC(O)CC(=O)O. The lowest BCUT2D eigenvalue weighted by atomic mass is 9.98. The van der Waals surface area contributed by atoms with Gasteiger partial charge in [-0.15, -0.1) is 0 Å². The molecule has 0 aromatic heterocycles. The Morgan fingerprint density at radius 3 is 2.27 bits per heavy atom. The quantitative estimate of drug-likeness (QED) is 0.343. The third-order valence-corrected chi connectivity index (χ3v) is 2.41. The molecule has 0 aromatic rings. The second-order valence-corrected chi connectivity index (χ2v) is 3.58. The first kappa shape index (κ1) is 14.3. The Bertz CT molecular complexity index is 185. The summed E-state index contributed by atoms with van der Waals surface area (Å²) in [4.78, 5) is 10.3. The van der Waals surface area contributed by atoms with Crippen molar-refractivity contribution in [3.8, 4) is 0 Å². The van der Waals surface area contributed by atoms with Crippen LogP contribution < -0.4 is 5.32 Å². The van der Waals surface area contributed by atoms with E-state index in [-0.39, 0.29) is 26.2 Å². The highest BCUT2D eigenvalue weighted by Gasteiger charge is 2.26. The van der Waals surface area contributed by atoms with E-state index in [1.165, 1.54) is 0 Å². The van der Waals surface area contributed by atoms with Crippen LogP contribution in [0.25, 0.3) is 0 Å². The van der Waals surface area contributed by atoms with Gasteiger partial charge in [-0.1, -0.05) is 6.92 Å². The van der Waals surface area contributed by atoms with E-state index in [9.17, 15) is 9.90 Å². The van der Waals surface area contributed by atoms with Gasteiger partial charge in [-0.3, -0.25) is 4.79 Å². The summed E-state index contributed by atoms with van der Waals surface area (Å²) in [6.45, 7) is 1.28. The summed E-state index contributed by atoms with van der Waals surface area (Å²) in [6.07, 6.45) is -0.893. The molecule has 0 aromatic carbocycles. The molecule has 0 aliphatic heterocycles. The van der Waals surface area contributed by atoms with Crippen LogP contribution in [0.3, 0.4) is 0 Å². The molecule has 0 rings (SSSR count). The largest absolute Gasteiger partial charge is 0.481 e. The zero-order valence-electron chi connectivity index (χ0n) is 8.81. The molecule has 0 amide bonds. The van der Waals surface area contributed by atoms with Crippen molar-refractivity contribution in [2.24, 2.45) is 0 Å². The number of nitrogens with one attached hydrogen (secondary N) is 1. The van der Waals surface area contributed by atoms with Crippen LogP contribution in [-0.4, -0.2) is 57.8 Å². The molecule has 6 heteroatoms. The predicted molar refractivity (Wildman–Crippen MR) is 53.5 cm³/mol. The standard InChI is InChI=1S/C9H19NO5/c1-2-9(5-11,6-12)10-4-7(13)3-8(14)15/h7,10-13H,2-6H2,1H3,(H,14,15). The maximum Gasteiger partial charge on any atom is 0.306 e. The number of aliphatic hydroxyl groups excluding tert-OH is 3. The maximum absolute atomic E-state index is 10.3. The highest BCUT2D eigenvalue weighted by Crippen LogP contribution is 2.08. The number of aliphatic carboxylic acids is 1. The van der Waals surface area contributed by atoms with Crippen molar-refractivity contribution in [2.45, 2.75) is 31.4 Å². The van der Waals surface area contributed by atoms with E-state index in [4.69, 9.17) is 15.3 Å². The number of carbonyl (C=O) groups is 1. The van der Waals surface area contributed by atoms with E-state index in [2.05, 4.69) is 5.32 Å². The highest BCUT2D eigenvalue weighted by molar-refractivity contribution is 5.67. The van der Waals surface area contributed by atoms with E-state index in [0.29, 0.717) is 6.42 Å². The summed E-state index contributed by atoms with van der Waals surface area (Å²) in [7, 11) is 0. The van der Waals surface area contributed by atoms with E-state index in [1.807, 2.05) is 0 Å². The van der Waals surface area contributed by atoms with Crippen molar-refractivity contribution in [3.05, 3.63) is 0 Å². The van der Waals surface area contributed by atoms with Gasteiger partial charge in [0.05, 0.1) is 31.3 Å². The minimum atomic E-state index is -1.08. The Labute approximate surface area is 88.5 Å². The molecule has 0 fully saturated rings. The summed E-state index contributed by atoms with van der Waals surface area (Å²) >= 11 is 0. The van der Waals surface area contributed by atoms with Gasteiger partial charge in [-0.25, -0.2) is 0 Å². The molecule has 0 aliphatic rings. The van der Waals surface area contributed by atoms with Gasteiger partial charge >= 0.3 is 5.97 Å². The molecule has 1 atom stereocenters. The molecular formula is C9H19NO5. The van der Waals surface area contributed by atoms with Gasteiger partial charge in [0.1, 0.15) is 0 Å². The molecule has 5 N–H and O–H groups in total. The molecule has 90 valence electrons. The molecule has 0 aliphatic carbocycles. The average Bonchev–Trinajstić information content (AvgIpc) is 2.20. The number of aliphatic hydroxyl groups is 3. The molecule has 0 spiro atoms. The zero-order valence-corrected chi connectivity index (χ0v) is 8.81. The fourth-order valence-corrected chi connectivity index (χ4v) is 1.12. The number of rotatable bonds is 8. The fourth-order valence-electron chi connectivity index (χ4n) is 1.12. The number of β-amino-alcohol motifs (C(OH)–C–C–N with tert-alkyl or cyclic N) is 1. The highest BCUT2D eigenvalue weighted by atomic mass is 16.4. The minimum Gasteiger partial charge on any atom is -0.481 e. The molecule has 0 heterocycles. The van der Waals surface area contributed by atoms with Crippen LogP contribution in [-0.2, 0) is 4.79 Å². The maximum atomic E-state index is 10.3. The smallest absolute Gasteiger partial charge is 0.306 e. The molecule has 0 bridgehead atoms. The molecular weight excluding hydrogens is 202 g/mol. The van der Waals surface area contributed by atoms with Crippen molar-refractivity contribution in [1.29, 1.82) is 0 Å². The van der Waals surface area contributed by atoms with Gasteiger partial charge < -0.3 is 25.7 Å². The van der Waals surface area contributed by atoms with Crippen molar-refractivity contribution in [3.63, 3.8) is 0 Å². The van der Waals surface area contributed by atoms with E-state index >= 15 is 0 Å². The van der Waals surface area contributed by atoms with Crippen molar-refractivity contribution >= 4 is 5.97 Å². The Morgan fingerprint density at radius 2 is 1.93 bits per heavy atom. The normalized spacial score (nSPS) is 13.9. The van der Waals surface area contributed by atoms with Crippen molar-refractivity contribution < 1.29 is 25.2 Å². The molecule has 15 heavy (non-hydrogen) atoms. The van der Waals surface area contributed by atoms with Crippen LogP contribution in [0, 0.1) is 0 Å². The van der Waals surface area contributed by atoms with Gasteiger partial charge in [-0.2, -0.15) is 0 Å². The van der Waals surface area contributed by atoms with Gasteiger partial charge in [0.25, 0.3) is 0 Å². The third kappa shape index (κ3) is 5.08. The lowest BCUT2D eigenvalue weighted by molar-refractivity contribution is -0.139. The number of hydrogen-bond acceptors (Lipinski definition) is 5. The fraction of sp³-hybridized carbons (Fsp3) is 0.889. The van der Waals surface area contributed by atoms with Crippen LogP contribution in [0.15, 0.2) is 0 Å². The lowest BCUT2D eigenvalue weighted by Gasteiger charge is -2.30. The number of carboxylic acid groups (broad SMARTS) is 1. The summed E-state index contributed by atoms with van der Waals surface area (Å²) in [6, 6.07) is 0. The monoisotopic (exact) mass is 221 g/mol. The molecule has 1 unspecified atom stereocenters. The summed E-state index contributed by atoms with van der Waals surface area (Å²) in [5.41, 5.74) is -0.848. The summed E-state index contributed by atoms with van der Waals surface area (Å²) in [5.74, 6) is -1.08.